The Hall–Kier alpha value is -3.26. The van der Waals surface area contributed by atoms with Gasteiger partial charge in [0.1, 0.15) is 11.5 Å². The van der Waals surface area contributed by atoms with E-state index in [4.69, 9.17) is 9.47 Å². The zero-order chi connectivity index (χ0) is 21.3. The van der Waals surface area contributed by atoms with Gasteiger partial charge < -0.3 is 14.8 Å². The van der Waals surface area contributed by atoms with Gasteiger partial charge in [-0.05, 0) is 55.5 Å². The molecular weight excluding hydrogens is 400 g/mol. The van der Waals surface area contributed by atoms with E-state index in [2.05, 4.69) is 22.1 Å². The molecule has 0 spiro atoms. The van der Waals surface area contributed by atoms with Crippen LogP contribution >= 0.6 is 11.8 Å². The van der Waals surface area contributed by atoms with Gasteiger partial charge in [-0.15, -0.1) is 16.8 Å². The van der Waals surface area contributed by atoms with E-state index < -0.39 is 0 Å². The average Bonchev–Trinajstić information content (AvgIpc) is 3.21. The van der Waals surface area contributed by atoms with E-state index in [1.807, 2.05) is 60.0 Å². The zero-order valence-corrected chi connectivity index (χ0v) is 17.8. The van der Waals surface area contributed by atoms with Crippen molar-refractivity contribution in [2.45, 2.75) is 12.1 Å². The zero-order valence-electron chi connectivity index (χ0n) is 17.0. The van der Waals surface area contributed by atoms with E-state index in [0.717, 1.165) is 22.7 Å². The van der Waals surface area contributed by atoms with Crippen LogP contribution in [0, 0.1) is 0 Å². The first-order valence-electron chi connectivity index (χ1n) is 9.49. The number of aromatic nitrogens is 3. The fraction of sp³-hybridized carbons (Fsp3) is 0.227. The van der Waals surface area contributed by atoms with Crippen molar-refractivity contribution in [2.75, 3.05) is 26.0 Å². The predicted octanol–water partition coefficient (Wildman–Crippen LogP) is 3.74. The van der Waals surface area contributed by atoms with Crippen molar-refractivity contribution < 1.29 is 14.3 Å². The molecule has 7 nitrogen and oxygen atoms in total. The average molecular weight is 425 g/mol. The minimum Gasteiger partial charge on any atom is -0.497 e. The fourth-order valence-corrected chi connectivity index (χ4v) is 3.53. The lowest BCUT2D eigenvalue weighted by Gasteiger charge is -2.12. The number of hydrogen-bond donors (Lipinski definition) is 1. The van der Waals surface area contributed by atoms with Crippen LogP contribution < -0.4 is 14.8 Å². The van der Waals surface area contributed by atoms with Gasteiger partial charge in [-0.25, -0.2) is 0 Å². The third-order valence-corrected chi connectivity index (χ3v) is 5.09. The molecule has 156 valence electrons. The second kappa shape index (κ2) is 10.5. The number of hydrogen-bond acceptors (Lipinski definition) is 6. The molecule has 3 aromatic rings. The number of rotatable bonds is 10. The summed E-state index contributed by atoms with van der Waals surface area (Å²) in [5.74, 6) is 2.37. The highest BCUT2D eigenvalue weighted by atomic mass is 32.2. The molecule has 0 saturated carbocycles. The predicted molar refractivity (Wildman–Crippen MR) is 118 cm³/mol. The lowest BCUT2D eigenvalue weighted by molar-refractivity contribution is -0.118. The number of carbonyl (C=O) groups excluding carboxylic acids is 1. The first kappa shape index (κ1) is 21.4. The van der Waals surface area contributed by atoms with Gasteiger partial charge in [0.15, 0.2) is 11.0 Å². The number of benzene rings is 2. The molecule has 1 heterocycles. The topological polar surface area (TPSA) is 78.3 Å². The molecule has 8 heteroatoms. The van der Waals surface area contributed by atoms with Crippen molar-refractivity contribution in [3.05, 3.63) is 61.2 Å². The minimum absolute atomic E-state index is 0.0906. The summed E-state index contributed by atoms with van der Waals surface area (Å²) in [6, 6.07) is 15.3. The molecule has 0 saturated heterocycles. The molecule has 0 unspecified atom stereocenters. The Morgan fingerprint density at radius 1 is 1.13 bits per heavy atom. The molecule has 0 atom stereocenters. The Morgan fingerprint density at radius 3 is 2.47 bits per heavy atom. The van der Waals surface area contributed by atoms with Crippen molar-refractivity contribution >= 4 is 17.7 Å². The van der Waals surface area contributed by atoms with Crippen LogP contribution in [0.5, 0.6) is 11.5 Å². The standard InChI is InChI=1S/C22H24N4O3S/c1-4-14-23-20(27)15-30-22-25-24-21(16-6-10-18(28-3)11-7-16)26(22)17-8-12-19(13-9-17)29-5-2/h4,6-13H,1,5,14-15H2,2-3H3,(H,23,27). The molecule has 0 aliphatic heterocycles. The van der Waals surface area contributed by atoms with Gasteiger partial charge in [-0.1, -0.05) is 17.8 Å². The maximum atomic E-state index is 12.0. The largest absolute Gasteiger partial charge is 0.497 e. The second-order valence-electron chi connectivity index (χ2n) is 6.18. The van der Waals surface area contributed by atoms with E-state index in [9.17, 15) is 4.79 Å². The lowest BCUT2D eigenvalue weighted by Crippen LogP contribution is -2.25. The summed E-state index contributed by atoms with van der Waals surface area (Å²) in [5, 5.41) is 12.1. The normalized spacial score (nSPS) is 10.5. The van der Waals surface area contributed by atoms with E-state index >= 15 is 0 Å². The lowest BCUT2D eigenvalue weighted by atomic mass is 10.2. The number of thioether (sulfide) groups is 1. The Labute approximate surface area is 180 Å². The van der Waals surface area contributed by atoms with Gasteiger partial charge >= 0.3 is 0 Å². The Balaban J connectivity index is 1.94. The van der Waals surface area contributed by atoms with Crippen LogP contribution in [-0.4, -0.2) is 46.7 Å². The highest BCUT2D eigenvalue weighted by Crippen LogP contribution is 2.29. The van der Waals surface area contributed by atoms with Crippen LogP contribution in [0.4, 0.5) is 0 Å². The first-order valence-corrected chi connectivity index (χ1v) is 10.5. The molecule has 3 rings (SSSR count). The summed E-state index contributed by atoms with van der Waals surface area (Å²) in [4.78, 5) is 12.0. The van der Waals surface area contributed by atoms with Crippen LogP contribution in [0.2, 0.25) is 0 Å². The van der Waals surface area contributed by atoms with Crippen LogP contribution in [-0.2, 0) is 4.79 Å². The summed E-state index contributed by atoms with van der Waals surface area (Å²) in [5.41, 5.74) is 1.77. The van der Waals surface area contributed by atoms with Crippen molar-refractivity contribution in [3.8, 4) is 28.6 Å². The minimum atomic E-state index is -0.0906. The molecule has 1 N–H and O–H groups in total. The van der Waals surface area contributed by atoms with Crippen molar-refractivity contribution in [3.63, 3.8) is 0 Å². The van der Waals surface area contributed by atoms with Crippen molar-refractivity contribution in [2.24, 2.45) is 0 Å². The van der Waals surface area contributed by atoms with Crippen LogP contribution in [0.1, 0.15) is 6.92 Å². The molecule has 0 radical (unpaired) electrons. The fourth-order valence-electron chi connectivity index (χ4n) is 2.75. The number of nitrogens with zero attached hydrogens (tertiary/aromatic N) is 3. The summed E-state index contributed by atoms with van der Waals surface area (Å²) < 4.78 is 12.7. The van der Waals surface area contributed by atoms with Gasteiger partial charge in [0, 0.05) is 17.8 Å². The summed E-state index contributed by atoms with van der Waals surface area (Å²) in [6.07, 6.45) is 1.65. The summed E-state index contributed by atoms with van der Waals surface area (Å²) >= 11 is 1.33. The van der Waals surface area contributed by atoms with Crippen molar-refractivity contribution in [1.82, 2.24) is 20.1 Å². The van der Waals surface area contributed by atoms with Gasteiger partial charge in [-0.2, -0.15) is 0 Å². The molecule has 30 heavy (non-hydrogen) atoms. The first-order chi connectivity index (χ1) is 14.7. The summed E-state index contributed by atoms with van der Waals surface area (Å²) in [6.45, 7) is 6.59. The number of ether oxygens (including phenoxy) is 2. The van der Waals surface area contributed by atoms with E-state index in [1.165, 1.54) is 11.8 Å². The van der Waals surface area contributed by atoms with E-state index in [1.54, 1.807) is 13.2 Å². The maximum absolute atomic E-state index is 12.0. The van der Waals surface area contributed by atoms with Crippen molar-refractivity contribution in [1.29, 1.82) is 0 Å². The molecular formula is C22H24N4O3S. The molecule has 0 aliphatic rings. The summed E-state index contributed by atoms with van der Waals surface area (Å²) in [7, 11) is 1.63. The number of amides is 1. The third kappa shape index (κ3) is 5.21. The van der Waals surface area contributed by atoms with Gasteiger partial charge in [-0.3, -0.25) is 9.36 Å². The SMILES string of the molecule is C=CCNC(=O)CSc1nnc(-c2ccc(OC)cc2)n1-c1ccc(OCC)cc1. The third-order valence-electron chi connectivity index (χ3n) is 4.16. The van der Waals surface area contributed by atoms with E-state index in [-0.39, 0.29) is 11.7 Å². The second-order valence-corrected chi connectivity index (χ2v) is 7.12. The number of nitrogens with one attached hydrogen (secondary N) is 1. The Bertz CT molecular complexity index is 985. The van der Waals surface area contributed by atoms with Crippen LogP contribution in [0.15, 0.2) is 66.3 Å². The molecule has 0 aliphatic carbocycles. The Kier molecular flexibility index (Phi) is 7.51. The smallest absolute Gasteiger partial charge is 0.230 e. The van der Waals surface area contributed by atoms with Gasteiger partial charge in [0.2, 0.25) is 5.91 Å². The van der Waals surface area contributed by atoms with Crippen LogP contribution in [0.25, 0.3) is 17.1 Å². The number of carbonyl (C=O) groups is 1. The van der Waals surface area contributed by atoms with Gasteiger partial charge in [0.05, 0.1) is 19.5 Å². The molecule has 1 aromatic heterocycles. The molecule has 0 fully saturated rings. The quantitative estimate of drug-likeness (QED) is 0.395. The number of methoxy groups -OCH3 is 1. The molecule has 1 amide bonds. The maximum Gasteiger partial charge on any atom is 0.230 e. The van der Waals surface area contributed by atoms with Gasteiger partial charge in [0.25, 0.3) is 0 Å². The van der Waals surface area contributed by atoms with E-state index in [0.29, 0.717) is 24.1 Å². The van der Waals surface area contributed by atoms with Crippen LogP contribution in [0.3, 0.4) is 0 Å². The monoisotopic (exact) mass is 424 g/mol. The highest BCUT2D eigenvalue weighted by Gasteiger charge is 2.17. The Morgan fingerprint density at radius 2 is 1.83 bits per heavy atom. The molecule has 2 aromatic carbocycles. The highest BCUT2D eigenvalue weighted by molar-refractivity contribution is 7.99. The molecule has 0 bridgehead atoms.